The van der Waals surface area contributed by atoms with Crippen molar-refractivity contribution in [3.63, 3.8) is 0 Å². The molecule has 29 heavy (non-hydrogen) atoms. The van der Waals surface area contributed by atoms with E-state index in [1.165, 1.54) is 10.4 Å². The maximum absolute atomic E-state index is 13.1. The monoisotopic (exact) mass is 413 g/mol. The third-order valence-corrected chi connectivity index (χ3v) is 6.48. The second kappa shape index (κ2) is 10.0. The Morgan fingerprint density at radius 2 is 2.00 bits per heavy atom. The molecule has 5 nitrogen and oxygen atoms in total. The van der Waals surface area contributed by atoms with Gasteiger partial charge >= 0.3 is 0 Å². The molecule has 6 heteroatoms. The highest BCUT2D eigenvalue weighted by Gasteiger charge is 2.31. The van der Waals surface area contributed by atoms with E-state index in [0.29, 0.717) is 0 Å². The van der Waals surface area contributed by atoms with Crippen LogP contribution in [0, 0.1) is 6.92 Å². The number of nitrogens with zero attached hydrogens (tertiary/aromatic N) is 2. The van der Waals surface area contributed by atoms with Crippen LogP contribution in [-0.2, 0) is 16.0 Å². The van der Waals surface area contributed by atoms with Crippen LogP contribution >= 0.6 is 11.3 Å². The molecule has 1 aromatic heterocycles. The van der Waals surface area contributed by atoms with Gasteiger partial charge in [0.1, 0.15) is 0 Å². The number of rotatable bonds is 8. The molecule has 2 aromatic rings. The number of para-hydroxylation sites is 1. The van der Waals surface area contributed by atoms with Gasteiger partial charge in [0, 0.05) is 17.1 Å². The van der Waals surface area contributed by atoms with Gasteiger partial charge in [-0.2, -0.15) is 0 Å². The van der Waals surface area contributed by atoms with Crippen LogP contribution in [0.5, 0.6) is 0 Å². The molecule has 0 bridgehead atoms. The second-order valence-electron chi connectivity index (χ2n) is 7.63. The molecule has 0 aliphatic carbocycles. The number of carbonyl (C=O) groups excluding carboxylic acids is 2. The summed E-state index contributed by atoms with van der Waals surface area (Å²) in [4.78, 5) is 31.1. The van der Waals surface area contributed by atoms with E-state index in [4.69, 9.17) is 0 Å². The van der Waals surface area contributed by atoms with Crippen LogP contribution in [0.1, 0.15) is 48.7 Å². The third-order valence-electron chi connectivity index (χ3n) is 5.49. The Bertz CT molecular complexity index is 848. The van der Waals surface area contributed by atoms with Crippen molar-refractivity contribution < 1.29 is 9.59 Å². The van der Waals surface area contributed by atoms with Gasteiger partial charge in [0.05, 0.1) is 19.1 Å². The number of aryl methyl sites for hydroxylation is 1. The molecular weight excluding hydrogens is 382 g/mol. The normalized spacial score (nSPS) is 16.0. The zero-order valence-corrected chi connectivity index (χ0v) is 18.4. The molecule has 1 N–H and O–H groups in total. The number of hydrogen-bond donors (Lipinski definition) is 1. The van der Waals surface area contributed by atoms with Crippen molar-refractivity contribution in [1.82, 2.24) is 9.80 Å². The first kappa shape index (κ1) is 21.5. The van der Waals surface area contributed by atoms with E-state index in [-0.39, 0.29) is 30.9 Å². The lowest BCUT2D eigenvalue weighted by molar-refractivity contribution is -0.135. The van der Waals surface area contributed by atoms with Crippen LogP contribution in [-0.4, -0.2) is 47.8 Å². The van der Waals surface area contributed by atoms with E-state index in [0.717, 1.165) is 43.6 Å². The molecule has 3 rings (SSSR count). The van der Waals surface area contributed by atoms with E-state index in [1.807, 2.05) is 41.0 Å². The highest BCUT2D eigenvalue weighted by Crippen LogP contribution is 2.35. The quantitative estimate of drug-likeness (QED) is 0.704. The first-order valence-electron chi connectivity index (χ1n) is 10.5. The van der Waals surface area contributed by atoms with Crippen LogP contribution < -0.4 is 5.32 Å². The molecule has 156 valence electrons. The number of hydrogen-bond acceptors (Lipinski definition) is 4. The Morgan fingerprint density at radius 3 is 2.72 bits per heavy atom. The number of anilines is 1. The fourth-order valence-corrected chi connectivity index (χ4v) is 4.98. The van der Waals surface area contributed by atoms with Crippen molar-refractivity contribution in [2.75, 3.05) is 31.5 Å². The average molecular weight is 414 g/mol. The summed E-state index contributed by atoms with van der Waals surface area (Å²) in [5.41, 5.74) is 3.16. The Morgan fingerprint density at radius 1 is 1.21 bits per heavy atom. The molecule has 0 fully saturated rings. The van der Waals surface area contributed by atoms with Crippen molar-refractivity contribution in [3.8, 4) is 0 Å². The van der Waals surface area contributed by atoms with Crippen molar-refractivity contribution >= 4 is 28.8 Å². The van der Waals surface area contributed by atoms with Crippen molar-refractivity contribution in [3.05, 3.63) is 51.7 Å². The van der Waals surface area contributed by atoms with E-state index >= 15 is 0 Å². The molecule has 1 atom stereocenters. The zero-order valence-electron chi connectivity index (χ0n) is 17.6. The summed E-state index contributed by atoms with van der Waals surface area (Å²) in [6.45, 7) is 8.18. The molecule has 0 saturated carbocycles. The molecule has 1 aliphatic heterocycles. The van der Waals surface area contributed by atoms with E-state index in [9.17, 15) is 9.59 Å². The van der Waals surface area contributed by atoms with Gasteiger partial charge in [0.25, 0.3) is 0 Å². The number of nitrogens with one attached hydrogen (secondary N) is 1. The topological polar surface area (TPSA) is 52.7 Å². The van der Waals surface area contributed by atoms with Gasteiger partial charge in [-0.3, -0.25) is 14.5 Å². The molecule has 0 radical (unpaired) electrons. The molecule has 0 saturated heterocycles. The SMILES string of the molecule is CCCN(CC(=O)Nc1ccccc1C)CC(=O)N1CCc2sccc2C1CC. The third kappa shape index (κ3) is 5.25. The number of amides is 2. The van der Waals surface area contributed by atoms with Gasteiger partial charge in [-0.15, -0.1) is 11.3 Å². The molecule has 2 heterocycles. The average Bonchev–Trinajstić information content (AvgIpc) is 3.18. The maximum atomic E-state index is 13.1. The number of thiophene rings is 1. The predicted octanol–water partition coefficient (Wildman–Crippen LogP) is 4.24. The van der Waals surface area contributed by atoms with E-state index < -0.39 is 0 Å². The highest BCUT2D eigenvalue weighted by atomic mass is 32.1. The Balaban J connectivity index is 1.63. The Kier molecular flexibility index (Phi) is 7.45. The van der Waals surface area contributed by atoms with Crippen LogP contribution in [0.3, 0.4) is 0 Å². The minimum atomic E-state index is -0.0774. The Labute approximate surface area is 177 Å². The fraction of sp³-hybridized carbons (Fsp3) is 0.478. The summed E-state index contributed by atoms with van der Waals surface area (Å²) in [6.07, 6.45) is 2.74. The lowest BCUT2D eigenvalue weighted by Gasteiger charge is -2.36. The van der Waals surface area contributed by atoms with Gasteiger partial charge in [0.15, 0.2) is 0 Å². The van der Waals surface area contributed by atoms with Gasteiger partial charge in [-0.05, 0) is 61.4 Å². The summed E-state index contributed by atoms with van der Waals surface area (Å²) < 4.78 is 0. The molecule has 1 unspecified atom stereocenters. The summed E-state index contributed by atoms with van der Waals surface area (Å²) in [7, 11) is 0. The molecule has 0 spiro atoms. The van der Waals surface area contributed by atoms with Crippen molar-refractivity contribution in [1.29, 1.82) is 0 Å². The fourth-order valence-electron chi connectivity index (χ4n) is 4.05. The summed E-state index contributed by atoms with van der Waals surface area (Å²) in [6, 6.07) is 10.1. The minimum Gasteiger partial charge on any atom is -0.334 e. The zero-order chi connectivity index (χ0) is 20.8. The van der Waals surface area contributed by atoms with E-state index in [1.54, 1.807) is 11.3 Å². The minimum absolute atomic E-state index is 0.0774. The molecule has 1 aromatic carbocycles. The molecular formula is C23H31N3O2S. The van der Waals surface area contributed by atoms with Gasteiger partial charge in [-0.1, -0.05) is 32.0 Å². The summed E-state index contributed by atoms with van der Waals surface area (Å²) in [5.74, 6) is 0.0391. The largest absolute Gasteiger partial charge is 0.334 e. The first-order valence-corrected chi connectivity index (χ1v) is 11.3. The highest BCUT2D eigenvalue weighted by molar-refractivity contribution is 7.10. The standard InChI is InChI=1S/C23H31N3O2S/c1-4-12-25(15-22(27)24-19-9-7-6-8-17(19)3)16-23(28)26-13-10-21-18(11-14-29-21)20(26)5-2/h6-9,11,14,20H,4-5,10,12-13,15-16H2,1-3H3,(H,24,27). The van der Waals surface area contributed by atoms with Crippen LogP contribution in [0.25, 0.3) is 0 Å². The van der Waals surface area contributed by atoms with Crippen LogP contribution in [0.15, 0.2) is 35.7 Å². The Hall–Kier alpha value is -2.18. The maximum Gasteiger partial charge on any atom is 0.238 e. The van der Waals surface area contributed by atoms with Crippen LogP contribution in [0.4, 0.5) is 5.69 Å². The van der Waals surface area contributed by atoms with Gasteiger partial charge in [0.2, 0.25) is 11.8 Å². The van der Waals surface area contributed by atoms with Crippen molar-refractivity contribution in [2.24, 2.45) is 0 Å². The lowest BCUT2D eigenvalue weighted by atomic mass is 9.97. The summed E-state index contributed by atoms with van der Waals surface area (Å²) in [5, 5.41) is 5.10. The predicted molar refractivity (Wildman–Crippen MR) is 119 cm³/mol. The van der Waals surface area contributed by atoms with Gasteiger partial charge in [-0.25, -0.2) is 0 Å². The smallest absolute Gasteiger partial charge is 0.238 e. The number of carbonyl (C=O) groups is 2. The summed E-state index contributed by atoms with van der Waals surface area (Å²) >= 11 is 1.79. The second-order valence-corrected chi connectivity index (χ2v) is 8.63. The number of benzene rings is 1. The van der Waals surface area contributed by atoms with Crippen molar-refractivity contribution in [2.45, 2.75) is 46.1 Å². The first-order chi connectivity index (χ1) is 14.0. The van der Waals surface area contributed by atoms with Crippen LogP contribution in [0.2, 0.25) is 0 Å². The van der Waals surface area contributed by atoms with E-state index in [2.05, 4.69) is 30.6 Å². The molecule has 1 aliphatic rings. The molecule has 2 amide bonds. The number of fused-ring (bicyclic) bond motifs is 1. The van der Waals surface area contributed by atoms with Gasteiger partial charge < -0.3 is 10.2 Å². The lowest BCUT2D eigenvalue weighted by Crippen LogP contribution is -2.46.